The number of hydrogen-bond donors (Lipinski definition) is 1. The fourth-order valence-electron chi connectivity index (χ4n) is 2.64. The van der Waals surface area contributed by atoms with Crippen LogP contribution < -0.4 is 0 Å². The minimum Gasteiger partial charge on any atom is -0.363 e. The van der Waals surface area contributed by atoms with Gasteiger partial charge in [0.05, 0.1) is 10.8 Å². The molecule has 0 saturated carbocycles. The molecule has 1 fully saturated rings. The van der Waals surface area contributed by atoms with Crippen LogP contribution in [0.15, 0.2) is 17.2 Å². The van der Waals surface area contributed by atoms with Gasteiger partial charge in [0.2, 0.25) is 10.0 Å². The van der Waals surface area contributed by atoms with Crippen LogP contribution >= 0.6 is 11.6 Å². The molecule has 0 aliphatic carbocycles. The normalized spacial score (nSPS) is 18.8. The largest absolute Gasteiger partial charge is 0.363 e. The molecule has 1 aliphatic rings. The molecule has 108 valence electrons. The van der Waals surface area contributed by atoms with Crippen LogP contribution in [0.3, 0.4) is 0 Å². The molecular weight excluding hydrogens is 284 g/mol. The average Bonchev–Trinajstić information content (AvgIpc) is 2.89. The van der Waals surface area contributed by atoms with E-state index in [-0.39, 0.29) is 0 Å². The van der Waals surface area contributed by atoms with E-state index in [2.05, 4.69) is 11.9 Å². The molecule has 0 bridgehead atoms. The Bertz CT molecular complexity index is 504. The van der Waals surface area contributed by atoms with Crippen molar-refractivity contribution >= 4 is 21.6 Å². The smallest absolute Gasteiger partial charge is 0.244 e. The second kappa shape index (κ2) is 6.29. The van der Waals surface area contributed by atoms with Crippen molar-refractivity contribution < 1.29 is 8.42 Å². The van der Waals surface area contributed by atoms with Crippen LogP contribution in [0.4, 0.5) is 0 Å². The summed E-state index contributed by atoms with van der Waals surface area (Å²) >= 11 is 5.69. The zero-order chi connectivity index (χ0) is 13.9. The topological polar surface area (TPSA) is 53.2 Å². The Hall–Kier alpha value is -0.520. The molecule has 6 heteroatoms. The first-order valence-electron chi connectivity index (χ1n) is 6.81. The molecule has 1 N–H and O–H groups in total. The fraction of sp³-hybridized carbons (Fsp3) is 0.692. The number of piperidine rings is 1. The van der Waals surface area contributed by atoms with Gasteiger partial charge in [-0.2, -0.15) is 4.31 Å². The number of halogens is 1. The molecule has 0 spiro atoms. The molecule has 0 amide bonds. The molecule has 0 atom stereocenters. The molecule has 19 heavy (non-hydrogen) atoms. The van der Waals surface area contributed by atoms with E-state index in [9.17, 15) is 8.42 Å². The highest BCUT2D eigenvalue weighted by Crippen LogP contribution is 2.26. The molecule has 1 aliphatic heterocycles. The van der Waals surface area contributed by atoms with Gasteiger partial charge in [0.1, 0.15) is 0 Å². The predicted molar refractivity (Wildman–Crippen MR) is 76.7 cm³/mol. The minimum absolute atomic E-state index is 0.300. The molecule has 0 radical (unpaired) electrons. The Morgan fingerprint density at radius 1 is 1.42 bits per heavy atom. The average molecular weight is 305 g/mol. The van der Waals surface area contributed by atoms with Gasteiger partial charge < -0.3 is 4.98 Å². The van der Waals surface area contributed by atoms with Crippen LogP contribution in [0.1, 0.15) is 38.3 Å². The van der Waals surface area contributed by atoms with Gasteiger partial charge in [-0.15, -0.1) is 11.6 Å². The van der Waals surface area contributed by atoms with E-state index in [1.165, 1.54) is 19.0 Å². The number of alkyl halides is 1. The van der Waals surface area contributed by atoms with Crippen LogP contribution in [-0.4, -0.2) is 30.8 Å². The van der Waals surface area contributed by atoms with Crippen molar-refractivity contribution in [2.24, 2.45) is 5.92 Å². The summed E-state index contributed by atoms with van der Waals surface area (Å²) in [6.07, 6.45) is 5.85. The lowest BCUT2D eigenvalue weighted by Gasteiger charge is -2.30. The summed E-state index contributed by atoms with van der Waals surface area (Å²) < 4.78 is 26.5. The first-order chi connectivity index (χ1) is 9.07. The number of nitrogens with zero attached hydrogens (tertiary/aromatic N) is 1. The molecule has 4 nitrogen and oxygen atoms in total. The third kappa shape index (κ3) is 3.33. The first kappa shape index (κ1) is 14.9. The van der Waals surface area contributed by atoms with Gasteiger partial charge in [0, 0.05) is 25.0 Å². The van der Waals surface area contributed by atoms with Crippen molar-refractivity contribution in [3.63, 3.8) is 0 Å². The lowest BCUT2D eigenvalue weighted by molar-refractivity contribution is 0.262. The van der Waals surface area contributed by atoms with Gasteiger partial charge in [-0.1, -0.05) is 19.8 Å². The number of sulfonamides is 1. The van der Waals surface area contributed by atoms with Crippen LogP contribution in [0.25, 0.3) is 0 Å². The van der Waals surface area contributed by atoms with E-state index in [1.54, 1.807) is 10.4 Å². The summed E-state index contributed by atoms with van der Waals surface area (Å²) in [6.45, 7) is 3.44. The van der Waals surface area contributed by atoms with E-state index in [0.29, 0.717) is 29.8 Å². The quantitative estimate of drug-likeness (QED) is 0.850. The highest BCUT2D eigenvalue weighted by molar-refractivity contribution is 7.89. The first-order valence-corrected chi connectivity index (χ1v) is 8.78. The van der Waals surface area contributed by atoms with Gasteiger partial charge in [-0.05, 0) is 24.8 Å². The van der Waals surface area contributed by atoms with Gasteiger partial charge in [0.15, 0.2) is 0 Å². The van der Waals surface area contributed by atoms with E-state index < -0.39 is 10.0 Å². The Kier molecular flexibility index (Phi) is 4.92. The number of hydrogen-bond acceptors (Lipinski definition) is 2. The van der Waals surface area contributed by atoms with Crippen molar-refractivity contribution in [3.8, 4) is 0 Å². The minimum atomic E-state index is -3.35. The van der Waals surface area contributed by atoms with E-state index in [4.69, 9.17) is 11.6 Å². The Morgan fingerprint density at radius 3 is 2.63 bits per heavy atom. The SMILES string of the molecule is CCCC1CCN(S(=O)(=O)c2c[nH]c(CCl)c2)CC1. The van der Waals surface area contributed by atoms with E-state index in [0.717, 1.165) is 18.5 Å². The van der Waals surface area contributed by atoms with E-state index in [1.807, 2.05) is 0 Å². The Balaban J connectivity index is 2.05. The third-order valence-corrected chi connectivity index (χ3v) is 5.93. The summed E-state index contributed by atoms with van der Waals surface area (Å²) in [5.41, 5.74) is 0.737. The lowest BCUT2D eigenvalue weighted by Crippen LogP contribution is -2.38. The number of aromatic nitrogens is 1. The summed E-state index contributed by atoms with van der Waals surface area (Å²) in [7, 11) is -3.35. The van der Waals surface area contributed by atoms with Crippen molar-refractivity contribution in [1.82, 2.24) is 9.29 Å². The second-order valence-corrected chi connectivity index (χ2v) is 7.34. The molecule has 0 aromatic carbocycles. The molecule has 1 aromatic rings. The zero-order valence-corrected chi connectivity index (χ0v) is 12.8. The maximum Gasteiger partial charge on any atom is 0.244 e. The molecule has 1 saturated heterocycles. The number of H-pyrrole nitrogens is 1. The maximum absolute atomic E-state index is 12.4. The number of nitrogens with one attached hydrogen (secondary N) is 1. The molecule has 2 rings (SSSR count). The standard InChI is InChI=1S/C13H21ClN2O2S/c1-2-3-11-4-6-16(7-5-11)19(17,18)13-8-12(9-14)15-10-13/h8,10-11,15H,2-7,9H2,1H3. The van der Waals surface area contributed by atoms with Gasteiger partial charge >= 0.3 is 0 Å². The Labute approximate surface area is 120 Å². The number of aromatic amines is 1. The van der Waals surface area contributed by atoms with Gasteiger partial charge in [-0.3, -0.25) is 0 Å². The zero-order valence-electron chi connectivity index (χ0n) is 11.2. The highest BCUT2D eigenvalue weighted by Gasteiger charge is 2.29. The predicted octanol–water partition coefficient (Wildman–Crippen LogP) is 2.95. The van der Waals surface area contributed by atoms with Crippen LogP contribution in [0, 0.1) is 5.92 Å². The highest BCUT2D eigenvalue weighted by atomic mass is 35.5. The van der Waals surface area contributed by atoms with Crippen LogP contribution in [0.5, 0.6) is 0 Å². The summed E-state index contributed by atoms with van der Waals surface area (Å²) in [5.74, 6) is 0.981. The summed E-state index contributed by atoms with van der Waals surface area (Å²) in [6, 6.07) is 1.63. The fourth-order valence-corrected chi connectivity index (χ4v) is 4.28. The molecule has 1 aromatic heterocycles. The molecule has 2 heterocycles. The van der Waals surface area contributed by atoms with Crippen molar-refractivity contribution in [3.05, 3.63) is 18.0 Å². The Morgan fingerprint density at radius 2 is 2.11 bits per heavy atom. The van der Waals surface area contributed by atoms with E-state index >= 15 is 0 Å². The van der Waals surface area contributed by atoms with Crippen LogP contribution in [0.2, 0.25) is 0 Å². The molecular formula is C13H21ClN2O2S. The monoisotopic (exact) mass is 304 g/mol. The molecule has 0 unspecified atom stereocenters. The summed E-state index contributed by atoms with van der Waals surface area (Å²) in [4.78, 5) is 3.22. The van der Waals surface area contributed by atoms with Crippen molar-refractivity contribution in [2.75, 3.05) is 13.1 Å². The van der Waals surface area contributed by atoms with Gasteiger partial charge in [-0.25, -0.2) is 8.42 Å². The summed E-state index contributed by atoms with van der Waals surface area (Å²) in [5, 5.41) is 0. The number of rotatable bonds is 5. The lowest BCUT2D eigenvalue weighted by atomic mass is 9.94. The van der Waals surface area contributed by atoms with Crippen LogP contribution in [-0.2, 0) is 15.9 Å². The van der Waals surface area contributed by atoms with Crippen molar-refractivity contribution in [2.45, 2.75) is 43.4 Å². The van der Waals surface area contributed by atoms with Gasteiger partial charge in [0.25, 0.3) is 0 Å². The third-order valence-electron chi connectivity index (χ3n) is 3.77. The second-order valence-electron chi connectivity index (χ2n) is 5.13. The van der Waals surface area contributed by atoms with Crippen molar-refractivity contribution in [1.29, 1.82) is 0 Å². The maximum atomic E-state index is 12.4.